The zero-order valence-corrected chi connectivity index (χ0v) is 14.3. The van der Waals surface area contributed by atoms with Gasteiger partial charge in [0.15, 0.2) is 9.84 Å². The van der Waals surface area contributed by atoms with Gasteiger partial charge < -0.3 is 15.4 Å². The van der Waals surface area contributed by atoms with E-state index in [1.807, 2.05) is 0 Å². The van der Waals surface area contributed by atoms with Crippen molar-refractivity contribution in [2.24, 2.45) is 0 Å². The number of rotatable bonds is 5. The Hall–Kier alpha value is -0.820. The van der Waals surface area contributed by atoms with Crippen molar-refractivity contribution in [3.63, 3.8) is 0 Å². The van der Waals surface area contributed by atoms with Crippen LogP contribution in [-0.4, -0.2) is 50.2 Å². The molecule has 7 heteroatoms. The van der Waals surface area contributed by atoms with Crippen LogP contribution in [0.15, 0.2) is 0 Å². The minimum atomic E-state index is -3.32. The fourth-order valence-corrected chi connectivity index (χ4v) is 2.62. The lowest BCUT2D eigenvalue weighted by Gasteiger charge is -2.26. The highest BCUT2D eigenvalue weighted by atomic mass is 32.2. The fraction of sp³-hybridized carbons (Fsp3) is 0.923. The van der Waals surface area contributed by atoms with Crippen LogP contribution >= 0.6 is 0 Å². The number of hydrogen-bond donors (Lipinski definition) is 2. The van der Waals surface area contributed by atoms with Crippen molar-refractivity contribution in [3.8, 4) is 0 Å². The molecule has 0 radical (unpaired) electrons. The van der Waals surface area contributed by atoms with Crippen LogP contribution in [-0.2, 0) is 14.6 Å². The van der Waals surface area contributed by atoms with Crippen molar-refractivity contribution in [3.05, 3.63) is 0 Å². The van der Waals surface area contributed by atoms with Gasteiger partial charge in [0.05, 0.1) is 16.5 Å². The Labute approximate surface area is 122 Å². The van der Waals surface area contributed by atoms with E-state index in [0.29, 0.717) is 6.54 Å². The van der Waals surface area contributed by atoms with Crippen LogP contribution in [0.2, 0.25) is 0 Å². The number of carbonyl (C=O) groups is 1. The molecule has 0 aliphatic rings. The normalized spacial score (nSPS) is 14.8. The number of hydrogen-bond acceptors (Lipinski definition) is 5. The van der Waals surface area contributed by atoms with Crippen LogP contribution in [0, 0.1) is 0 Å². The molecular weight excluding hydrogens is 280 g/mol. The average molecular weight is 308 g/mol. The van der Waals surface area contributed by atoms with Gasteiger partial charge in [0.1, 0.15) is 5.60 Å². The molecule has 0 heterocycles. The van der Waals surface area contributed by atoms with Gasteiger partial charge >= 0.3 is 6.09 Å². The summed E-state index contributed by atoms with van der Waals surface area (Å²) in [5, 5.41) is 5.48. The van der Waals surface area contributed by atoms with E-state index in [4.69, 9.17) is 4.74 Å². The molecule has 0 aromatic rings. The first kappa shape index (κ1) is 19.2. The van der Waals surface area contributed by atoms with Crippen LogP contribution in [0.4, 0.5) is 4.79 Å². The van der Waals surface area contributed by atoms with Gasteiger partial charge in [0, 0.05) is 6.54 Å². The quantitative estimate of drug-likeness (QED) is 0.800. The van der Waals surface area contributed by atoms with Crippen molar-refractivity contribution >= 4 is 15.9 Å². The summed E-state index contributed by atoms with van der Waals surface area (Å²) >= 11 is 0. The number of likely N-dealkylation sites (N-methyl/N-ethyl adjacent to an activating group) is 1. The van der Waals surface area contributed by atoms with Crippen LogP contribution < -0.4 is 10.6 Å². The van der Waals surface area contributed by atoms with Crippen LogP contribution in [0.3, 0.4) is 0 Å². The summed E-state index contributed by atoms with van der Waals surface area (Å²) in [7, 11) is -1.62. The summed E-state index contributed by atoms with van der Waals surface area (Å²) in [5.41, 5.74) is -0.614. The summed E-state index contributed by atoms with van der Waals surface area (Å²) in [5.74, 6) is -0.128. The van der Waals surface area contributed by atoms with E-state index in [9.17, 15) is 13.2 Å². The molecule has 0 saturated carbocycles. The standard InChI is InChI=1S/C13H28N2O4S/c1-12(2,3)19-11(16)15-10(8-14-7)9-20(17,18)13(4,5)6/h10,14H,8-9H2,1-7H3,(H,15,16)/t10-/m0/s1. The molecule has 0 spiro atoms. The minimum Gasteiger partial charge on any atom is -0.444 e. The number of sulfone groups is 1. The lowest BCUT2D eigenvalue weighted by molar-refractivity contribution is 0.0509. The Kier molecular flexibility index (Phi) is 6.48. The van der Waals surface area contributed by atoms with Gasteiger partial charge in [-0.15, -0.1) is 0 Å². The van der Waals surface area contributed by atoms with Crippen molar-refractivity contribution in [1.82, 2.24) is 10.6 Å². The molecule has 0 rings (SSSR count). The Bertz CT molecular complexity index is 419. The molecule has 0 bridgehead atoms. The van der Waals surface area contributed by atoms with Gasteiger partial charge in [0.25, 0.3) is 0 Å². The second kappa shape index (κ2) is 6.76. The molecule has 6 nitrogen and oxygen atoms in total. The van der Waals surface area contributed by atoms with Gasteiger partial charge in [-0.2, -0.15) is 0 Å². The van der Waals surface area contributed by atoms with Gasteiger partial charge in [-0.25, -0.2) is 13.2 Å². The number of amides is 1. The Morgan fingerprint density at radius 1 is 1.15 bits per heavy atom. The van der Waals surface area contributed by atoms with E-state index in [2.05, 4.69) is 10.6 Å². The molecule has 0 unspecified atom stereocenters. The SMILES string of the molecule is CNC[C@@H](CS(=O)(=O)C(C)(C)C)NC(=O)OC(C)(C)C. The van der Waals surface area contributed by atoms with E-state index in [1.165, 1.54) is 0 Å². The highest BCUT2D eigenvalue weighted by molar-refractivity contribution is 7.92. The molecule has 0 aliphatic carbocycles. The van der Waals surface area contributed by atoms with E-state index in [1.54, 1.807) is 48.6 Å². The van der Waals surface area contributed by atoms with E-state index in [-0.39, 0.29) is 5.75 Å². The number of ether oxygens (including phenoxy) is 1. The van der Waals surface area contributed by atoms with Gasteiger partial charge in [-0.05, 0) is 48.6 Å². The second-order valence-corrected chi connectivity index (χ2v) is 9.58. The van der Waals surface area contributed by atoms with Crippen molar-refractivity contribution in [1.29, 1.82) is 0 Å². The van der Waals surface area contributed by atoms with Crippen molar-refractivity contribution in [2.45, 2.75) is 57.9 Å². The second-order valence-electron chi connectivity index (χ2n) is 6.79. The zero-order valence-electron chi connectivity index (χ0n) is 13.5. The molecule has 1 amide bonds. The van der Waals surface area contributed by atoms with Crippen molar-refractivity contribution < 1.29 is 17.9 Å². The summed E-state index contributed by atoms with van der Waals surface area (Å²) in [6, 6.07) is -0.529. The molecule has 0 aromatic carbocycles. The van der Waals surface area contributed by atoms with E-state index >= 15 is 0 Å². The molecule has 2 N–H and O–H groups in total. The topological polar surface area (TPSA) is 84.5 Å². The average Bonchev–Trinajstić information content (AvgIpc) is 2.11. The first-order valence-corrected chi connectivity index (χ1v) is 8.30. The lowest BCUT2D eigenvalue weighted by atomic mass is 10.2. The van der Waals surface area contributed by atoms with E-state index in [0.717, 1.165) is 0 Å². The van der Waals surface area contributed by atoms with Crippen LogP contribution in [0.5, 0.6) is 0 Å². The molecule has 0 aliphatic heterocycles. The maximum absolute atomic E-state index is 12.2. The number of carbonyl (C=O) groups excluding carboxylic acids is 1. The maximum atomic E-state index is 12.2. The van der Waals surface area contributed by atoms with Crippen molar-refractivity contribution in [2.75, 3.05) is 19.3 Å². The van der Waals surface area contributed by atoms with E-state index < -0.39 is 32.3 Å². The third kappa shape index (κ3) is 7.09. The Morgan fingerprint density at radius 2 is 1.65 bits per heavy atom. The van der Waals surface area contributed by atoms with Gasteiger partial charge in [0.2, 0.25) is 0 Å². The summed E-state index contributed by atoms with van der Waals surface area (Å²) < 4.78 is 28.7. The monoisotopic (exact) mass is 308 g/mol. The van der Waals surface area contributed by atoms with Crippen LogP contribution in [0.1, 0.15) is 41.5 Å². The molecule has 0 saturated heterocycles. The van der Waals surface area contributed by atoms with Gasteiger partial charge in [-0.1, -0.05) is 0 Å². The molecule has 0 fully saturated rings. The lowest BCUT2D eigenvalue weighted by Crippen LogP contribution is -2.49. The van der Waals surface area contributed by atoms with Crippen LogP contribution in [0.25, 0.3) is 0 Å². The first-order valence-electron chi connectivity index (χ1n) is 6.65. The largest absolute Gasteiger partial charge is 0.444 e. The highest BCUT2D eigenvalue weighted by Crippen LogP contribution is 2.17. The zero-order chi connectivity index (χ0) is 16.2. The number of alkyl carbamates (subject to hydrolysis) is 1. The first-order chi connectivity index (χ1) is 8.78. The molecule has 20 heavy (non-hydrogen) atoms. The fourth-order valence-electron chi connectivity index (χ4n) is 1.39. The Balaban J connectivity index is 4.80. The summed E-state index contributed by atoms with van der Waals surface area (Å²) in [6.07, 6.45) is -0.609. The number of nitrogens with one attached hydrogen (secondary N) is 2. The predicted molar refractivity (Wildman–Crippen MR) is 80.6 cm³/mol. The molecule has 1 atom stereocenters. The Morgan fingerprint density at radius 3 is 2.00 bits per heavy atom. The smallest absolute Gasteiger partial charge is 0.407 e. The third-order valence-electron chi connectivity index (χ3n) is 2.52. The molecule has 120 valence electrons. The predicted octanol–water partition coefficient (Wildman–Crippen LogP) is 1.31. The minimum absolute atomic E-state index is 0.128. The van der Waals surface area contributed by atoms with Gasteiger partial charge in [-0.3, -0.25) is 0 Å². The highest BCUT2D eigenvalue weighted by Gasteiger charge is 2.32. The maximum Gasteiger partial charge on any atom is 0.407 e. The molecule has 0 aromatic heterocycles. The summed E-state index contributed by atoms with van der Waals surface area (Å²) in [4.78, 5) is 11.7. The summed E-state index contributed by atoms with van der Waals surface area (Å²) in [6.45, 7) is 10.6. The molecular formula is C13H28N2O4S. The third-order valence-corrected chi connectivity index (χ3v) is 5.23.